The molecule has 1 aromatic heterocycles. The van der Waals surface area contributed by atoms with E-state index in [1.54, 1.807) is 25.1 Å². The number of nitrogen functional groups attached to an aromatic ring is 1. The summed E-state index contributed by atoms with van der Waals surface area (Å²) in [4.78, 5) is 0. The van der Waals surface area contributed by atoms with Crippen LogP contribution in [0.2, 0.25) is 0 Å². The molecule has 5 nitrogen and oxygen atoms in total. The Morgan fingerprint density at radius 1 is 1.29 bits per heavy atom. The third-order valence-corrected chi connectivity index (χ3v) is 2.77. The minimum atomic E-state index is -2.92. The summed E-state index contributed by atoms with van der Waals surface area (Å²) in [7, 11) is 1.38. The lowest BCUT2D eigenvalue weighted by molar-refractivity contribution is -0.0512. The zero-order valence-electron chi connectivity index (χ0n) is 11.5. The van der Waals surface area contributed by atoms with Gasteiger partial charge in [-0.15, -0.1) is 0 Å². The summed E-state index contributed by atoms with van der Waals surface area (Å²) in [5, 5.41) is 3.77. The first-order valence-corrected chi connectivity index (χ1v) is 6.04. The van der Waals surface area contributed by atoms with Crippen molar-refractivity contribution in [3.63, 3.8) is 0 Å². The minimum Gasteiger partial charge on any atom is -0.493 e. The second-order valence-corrected chi connectivity index (χ2v) is 4.16. The van der Waals surface area contributed by atoms with Crippen LogP contribution in [0.25, 0.3) is 12.2 Å². The molecular weight excluding hydrogens is 282 g/mol. The number of benzene rings is 1. The average Bonchev–Trinajstić information content (AvgIpc) is 2.76. The molecule has 0 aliphatic heterocycles. The summed E-state index contributed by atoms with van der Waals surface area (Å²) >= 11 is 0. The van der Waals surface area contributed by atoms with Crippen LogP contribution in [-0.2, 0) is 0 Å². The number of hydrogen-bond donors (Lipinski definition) is 1. The number of ether oxygens (including phenoxy) is 2. The maximum absolute atomic E-state index is 12.3. The molecule has 0 saturated heterocycles. The fourth-order valence-corrected chi connectivity index (χ4v) is 1.68. The molecule has 0 aliphatic rings. The van der Waals surface area contributed by atoms with Crippen molar-refractivity contribution in [3.8, 4) is 11.5 Å². The fourth-order valence-electron chi connectivity index (χ4n) is 1.68. The van der Waals surface area contributed by atoms with Gasteiger partial charge in [0.05, 0.1) is 7.11 Å². The smallest absolute Gasteiger partial charge is 0.387 e. The van der Waals surface area contributed by atoms with E-state index in [-0.39, 0.29) is 11.5 Å². The monoisotopic (exact) mass is 296 g/mol. The van der Waals surface area contributed by atoms with Gasteiger partial charge in [-0.3, -0.25) is 0 Å². The lowest BCUT2D eigenvalue weighted by Gasteiger charge is -2.10. The van der Waals surface area contributed by atoms with Gasteiger partial charge in [-0.25, -0.2) is 0 Å². The molecule has 0 fully saturated rings. The molecule has 2 N–H and O–H groups in total. The normalized spacial score (nSPS) is 11.3. The van der Waals surface area contributed by atoms with Gasteiger partial charge in [-0.05, 0) is 30.7 Å². The Kier molecular flexibility index (Phi) is 4.42. The largest absolute Gasteiger partial charge is 0.493 e. The van der Waals surface area contributed by atoms with Crippen molar-refractivity contribution in [1.29, 1.82) is 0 Å². The first-order chi connectivity index (χ1) is 10.0. The molecule has 2 aromatic rings. The Labute approximate surface area is 119 Å². The van der Waals surface area contributed by atoms with Crippen molar-refractivity contribution in [2.75, 3.05) is 12.8 Å². The summed E-state index contributed by atoms with van der Waals surface area (Å²) in [5.41, 5.74) is 7.29. The molecule has 7 heteroatoms. The third kappa shape index (κ3) is 3.50. The molecule has 0 spiro atoms. The Hall–Kier alpha value is -2.57. The zero-order chi connectivity index (χ0) is 15.4. The topological polar surface area (TPSA) is 70.5 Å². The van der Waals surface area contributed by atoms with Gasteiger partial charge in [-0.2, -0.15) is 8.78 Å². The van der Waals surface area contributed by atoms with Crippen molar-refractivity contribution >= 4 is 17.8 Å². The van der Waals surface area contributed by atoms with E-state index in [0.29, 0.717) is 22.7 Å². The van der Waals surface area contributed by atoms with Gasteiger partial charge >= 0.3 is 6.61 Å². The van der Waals surface area contributed by atoms with Crippen molar-refractivity contribution < 1.29 is 22.8 Å². The first kappa shape index (κ1) is 14.8. The van der Waals surface area contributed by atoms with E-state index < -0.39 is 6.61 Å². The van der Waals surface area contributed by atoms with Crippen molar-refractivity contribution in [2.24, 2.45) is 0 Å². The van der Waals surface area contributed by atoms with Crippen LogP contribution in [0.5, 0.6) is 11.5 Å². The lowest BCUT2D eigenvalue weighted by atomic mass is 10.1. The molecule has 0 atom stereocenters. The van der Waals surface area contributed by atoms with Crippen LogP contribution in [0.15, 0.2) is 22.7 Å². The van der Waals surface area contributed by atoms with Crippen LogP contribution in [0.4, 0.5) is 14.5 Å². The lowest BCUT2D eigenvalue weighted by Crippen LogP contribution is -2.03. The maximum Gasteiger partial charge on any atom is 0.387 e. The highest BCUT2D eigenvalue weighted by Gasteiger charge is 2.11. The molecule has 0 amide bonds. The Balaban J connectivity index is 2.26. The van der Waals surface area contributed by atoms with Gasteiger partial charge in [0.15, 0.2) is 17.3 Å². The number of alkyl halides is 2. The standard InChI is InChI=1S/C14H14F2N2O3/c1-8-13(17)10(18-21-8)5-3-9-4-6-11(19-2)12(7-9)20-14(15)16/h3-7,14H,17H2,1-2H3/b5-3+. The number of aryl methyl sites for hydroxylation is 1. The van der Waals surface area contributed by atoms with Gasteiger partial charge in [0.25, 0.3) is 0 Å². The number of methoxy groups -OCH3 is 1. The van der Waals surface area contributed by atoms with Crippen LogP contribution in [0, 0.1) is 6.92 Å². The van der Waals surface area contributed by atoms with E-state index in [1.165, 1.54) is 19.2 Å². The van der Waals surface area contributed by atoms with Crippen molar-refractivity contribution in [1.82, 2.24) is 5.16 Å². The second-order valence-electron chi connectivity index (χ2n) is 4.16. The molecule has 0 bridgehead atoms. The van der Waals surface area contributed by atoms with Gasteiger partial charge in [0, 0.05) is 0 Å². The average molecular weight is 296 g/mol. The van der Waals surface area contributed by atoms with Crippen LogP contribution < -0.4 is 15.2 Å². The van der Waals surface area contributed by atoms with Gasteiger partial charge < -0.3 is 19.7 Å². The molecule has 0 radical (unpaired) electrons. The summed E-state index contributed by atoms with van der Waals surface area (Å²) in [5.74, 6) is 0.703. The molecule has 21 heavy (non-hydrogen) atoms. The maximum atomic E-state index is 12.3. The number of nitrogens with two attached hydrogens (primary N) is 1. The predicted molar refractivity (Wildman–Crippen MR) is 74.2 cm³/mol. The number of rotatable bonds is 5. The summed E-state index contributed by atoms with van der Waals surface area (Å²) < 4.78 is 39.0. The Morgan fingerprint density at radius 2 is 2.05 bits per heavy atom. The molecule has 2 rings (SSSR count). The number of aromatic nitrogens is 1. The minimum absolute atomic E-state index is 0.0426. The van der Waals surface area contributed by atoms with E-state index in [0.717, 1.165) is 0 Å². The summed E-state index contributed by atoms with van der Waals surface area (Å²) in [6.45, 7) is -1.23. The molecule has 1 aromatic carbocycles. The predicted octanol–water partition coefficient (Wildman–Crippen LogP) is 3.35. The van der Waals surface area contributed by atoms with Crippen LogP contribution in [0.3, 0.4) is 0 Å². The number of anilines is 1. The van der Waals surface area contributed by atoms with E-state index in [1.807, 2.05) is 0 Å². The van der Waals surface area contributed by atoms with Crippen LogP contribution in [0.1, 0.15) is 17.0 Å². The molecule has 0 aliphatic carbocycles. The zero-order valence-corrected chi connectivity index (χ0v) is 11.5. The van der Waals surface area contributed by atoms with Crippen molar-refractivity contribution in [3.05, 3.63) is 35.2 Å². The molecule has 112 valence electrons. The Bertz CT molecular complexity index is 654. The highest BCUT2D eigenvalue weighted by Crippen LogP contribution is 2.30. The van der Waals surface area contributed by atoms with Gasteiger partial charge in [0.1, 0.15) is 11.4 Å². The SMILES string of the molecule is COc1ccc(/C=C/c2noc(C)c2N)cc1OC(F)F. The number of nitrogens with zero attached hydrogens (tertiary/aromatic N) is 1. The van der Waals surface area contributed by atoms with E-state index in [2.05, 4.69) is 9.89 Å². The quantitative estimate of drug-likeness (QED) is 0.916. The summed E-state index contributed by atoms with van der Waals surface area (Å²) in [6, 6.07) is 4.66. The van der Waals surface area contributed by atoms with E-state index in [9.17, 15) is 8.78 Å². The third-order valence-electron chi connectivity index (χ3n) is 2.77. The van der Waals surface area contributed by atoms with E-state index >= 15 is 0 Å². The number of halogens is 2. The summed E-state index contributed by atoms with van der Waals surface area (Å²) in [6.07, 6.45) is 3.28. The number of hydrogen-bond acceptors (Lipinski definition) is 5. The Morgan fingerprint density at radius 3 is 2.62 bits per heavy atom. The highest BCUT2D eigenvalue weighted by atomic mass is 19.3. The molecule has 0 saturated carbocycles. The van der Waals surface area contributed by atoms with Crippen LogP contribution >= 0.6 is 0 Å². The fraction of sp³-hybridized carbons (Fsp3) is 0.214. The van der Waals surface area contributed by atoms with Gasteiger partial charge in [0.2, 0.25) is 0 Å². The molecule has 1 heterocycles. The molecular formula is C14H14F2N2O3. The van der Waals surface area contributed by atoms with Crippen molar-refractivity contribution in [2.45, 2.75) is 13.5 Å². The molecule has 0 unspecified atom stereocenters. The van der Waals surface area contributed by atoms with Crippen LogP contribution in [-0.4, -0.2) is 18.9 Å². The van der Waals surface area contributed by atoms with Gasteiger partial charge in [-0.1, -0.05) is 17.3 Å². The van der Waals surface area contributed by atoms with E-state index in [4.69, 9.17) is 15.0 Å². The highest BCUT2D eigenvalue weighted by molar-refractivity contribution is 5.74. The second kappa shape index (κ2) is 6.25. The first-order valence-electron chi connectivity index (χ1n) is 6.04.